The quantitative estimate of drug-likeness (QED) is 0.506. The van der Waals surface area contributed by atoms with E-state index in [0.717, 1.165) is 5.19 Å². The Bertz CT molecular complexity index is 266. The van der Waals surface area contributed by atoms with Crippen molar-refractivity contribution in [3.63, 3.8) is 0 Å². The number of methoxy groups -OCH3 is 3. The number of hydrogen-bond acceptors (Lipinski definition) is 4. The molecule has 0 radical (unpaired) electrons. The summed E-state index contributed by atoms with van der Waals surface area (Å²) in [6.07, 6.45) is -1.36. The molecule has 15 heavy (non-hydrogen) atoms. The highest BCUT2D eigenvalue weighted by molar-refractivity contribution is 6.46. The summed E-state index contributed by atoms with van der Waals surface area (Å²) in [4.78, 5) is 0. The number of benzene rings is 1. The zero-order valence-corrected chi connectivity index (χ0v) is 10.6. The fraction of sp³-hybridized carbons (Fsp3) is 0.400. The van der Waals surface area contributed by atoms with Gasteiger partial charge in [0, 0.05) is 21.3 Å². The molecule has 1 rings (SSSR count). The lowest BCUT2D eigenvalue weighted by Gasteiger charge is -2.27. The highest BCUT2D eigenvalue weighted by Crippen LogP contribution is 2.12. The second kappa shape index (κ2) is 5.99. The molecule has 0 fully saturated rings. The molecule has 0 aromatic heterocycles. The van der Waals surface area contributed by atoms with E-state index in [0.29, 0.717) is 0 Å². The van der Waals surface area contributed by atoms with Gasteiger partial charge in [0.2, 0.25) is 9.76 Å². The molecule has 0 aliphatic rings. The van der Waals surface area contributed by atoms with Crippen LogP contribution in [0, 0.1) is 0 Å². The smallest absolute Gasteiger partial charge is 0.347 e. The van der Waals surface area contributed by atoms with Crippen molar-refractivity contribution in [2.24, 2.45) is 0 Å². The minimum absolute atomic E-state index is 0.924. The van der Waals surface area contributed by atoms with Crippen molar-refractivity contribution >= 4 is 14.9 Å². The molecule has 5 heteroatoms. The van der Waals surface area contributed by atoms with Crippen LogP contribution in [0.15, 0.2) is 30.3 Å². The Labute approximate surface area is 92.0 Å². The molecule has 0 aliphatic heterocycles. The lowest BCUT2D eigenvalue weighted by molar-refractivity contribution is -0.449. The van der Waals surface area contributed by atoms with Gasteiger partial charge in [0.05, 0.1) is 0 Å². The lowest BCUT2D eigenvalue weighted by Crippen LogP contribution is -2.42. The van der Waals surface area contributed by atoms with Crippen LogP contribution in [0.25, 0.3) is 0 Å². The van der Waals surface area contributed by atoms with E-state index in [4.69, 9.17) is 18.6 Å². The topological polar surface area (TPSA) is 36.9 Å². The summed E-state index contributed by atoms with van der Waals surface area (Å²) >= 11 is 0. The first kappa shape index (κ1) is 12.3. The highest BCUT2D eigenvalue weighted by Gasteiger charge is 2.30. The summed E-state index contributed by atoms with van der Waals surface area (Å²) in [7, 11) is 3.51. The van der Waals surface area contributed by atoms with Crippen molar-refractivity contribution in [2.45, 2.75) is 6.16 Å². The van der Waals surface area contributed by atoms with Crippen molar-refractivity contribution in [3.05, 3.63) is 30.3 Å². The van der Waals surface area contributed by atoms with Gasteiger partial charge in [-0.15, -0.1) is 0 Å². The van der Waals surface area contributed by atoms with E-state index in [1.807, 2.05) is 30.3 Å². The maximum Gasteiger partial charge on any atom is 0.402 e. The third kappa shape index (κ3) is 3.40. The molecular formula is C10H16O4Si. The second-order valence-corrected chi connectivity index (χ2v) is 4.28. The van der Waals surface area contributed by atoms with E-state index in [1.165, 1.54) is 21.3 Å². The SMILES string of the molecule is COC(OC)(OC)O[SiH2]c1ccccc1. The van der Waals surface area contributed by atoms with Gasteiger partial charge >= 0.3 is 6.16 Å². The number of hydrogen-bond donors (Lipinski definition) is 0. The minimum Gasteiger partial charge on any atom is -0.347 e. The van der Waals surface area contributed by atoms with Crippen LogP contribution in [0.4, 0.5) is 0 Å². The Morgan fingerprint density at radius 1 is 0.933 bits per heavy atom. The van der Waals surface area contributed by atoms with Crippen molar-refractivity contribution < 1.29 is 18.6 Å². The van der Waals surface area contributed by atoms with E-state index in [1.54, 1.807) is 0 Å². The minimum atomic E-state index is -1.36. The van der Waals surface area contributed by atoms with Gasteiger partial charge in [-0.05, 0) is 5.19 Å². The van der Waals surface area contributed by atoms with Crippen molar-refractivity contribution in [3.8, 4) is 0 Å². The predicted octanol–water partition coefficient (Wildman–Crippen LogP) is -0.0372. The molecule has 1 aromatic carbocycles. The van der Waals surface area contributed by atoms with E-state index >= 15 is 0 Å². The molecule has 84 valence electrons. The summed E-state index contributed by atoms with van der Waals surface area (Å²) in [5, 5.41) is 1.16. The third-order valence-electron chi connectivity index (χ3n) is 2.01. The van der Waals surface area contributed by atoms with Crippen molar-refractivity contribution in [2.75, 3.05) is 21.3 Å². The van der Waals surface area contributed by atoms with Gasteiger partial charge < -0.3 is 18.6 Å². The highest BCUT2D eigenvalue weighted by atomic mass is 28.2. The lowest BCUT2D eigenvalue weighted by atomic mass is 10.4. The largest absolute Gasteiger partial charge is 0.402 e. The molecule has 0 spiro atoms. The molecule has 0 saturated carbocycles. The molecule has 0 saturated heterocycles. The Morgan fingerprint density at radius 3 is 1.93 bits per heavy atom. The predicted molar refractivity (Wildman–Crippen MR) is 59.5 cm³/mol. The maximum atomic E-state index is 5.54. The van der Waals surface area contributed by atoms with E-state index < -0.39 is 15.9 Å². The zero-order chi connectivity index (χ0) is 11.1. The van der Waals surface area contributed by atoms with Crippen LogP contribution < -0.4 is 5.19 Å². The Kier molecular flexibility index (Phi) is 4.93. The van der Waals surface area contributed by atoms with Crippen LogP contribution in [0.5, 0.6) is 0 Å². The van der Waals surface area contributed by atoms with Crippen LogP contribution in [-0.2, 0) is 18.6 Å². The van der Waals surface area contributed by atoms with E-state index in [2.05, 4.69) is 0 Å². The van der Waals surface area contributed by atoms with Crippen LogP contribution in [0.3, 0.4) is 0 Å². The molecule has 1 aromatic rings. The second-order valence-electron chi connectivity index (χ2n) is 2.89. The molecule has 4 nitrogen and oxygen atoms in total. The molecular weight excluding hydrogens is 212 g/mol. The van der Waals surface area contributed by atoms with Gasteiger partial charge in [-0.1, -0.05) is 30.3 Å². The standard InChI is InChI=1S/C10H16O4Si/c1-11-10(12-2,13-3)14-15-9-7-5-4-6-8-9/h4-8H,15H2,1-3H3. The van der Waals surface area contributed by atoms with Gasteiger partial charge in [-0.25, -0.2) is 0 Å². The summed E-state index contributed by atoms with van der Waals surface area (Å²) in [5.41, 5.74) is 0. The average Bonchev–Trinajstić information content (AvgIpc) is 2.33. The molecule has 0 heterocycles. The summed E-state index contributed by atoms with van der Waals surface area (Å²) in [6.45, 7) is 0. The monoisotopic (exact) mass is 228 g/mol. The fourth-order valence-electron chi connectivity index (χ4n) is 1.17. The molecule has 0 atom stereocenters. The van der Waals surface area contributed by atoms with Gasteiger partial charge in [-0.3, -0.25) is 0 Å². The molecule has 0 N–H and O–H groups in total. The van der Waals surface area contributed by atoms with Crippen LogP contribution in [0.2, 0.25) is 0 Å². The maximum absolute atomic E-state index is 5.54. The fourth-order valence-corrected chi connectivity index (χ4v) is 2.33. The van der Waals surface area contributed by atoms with Crippen molar-refractivity contribution in [1.29, 1.82) is 0 Å². The Balaban J connectivity index is 2.54. The van der Waals surface area contributed by atoms with Crippen LogP contribution >= 0.6 is 0 Å². The molecule has 0 amide bonds. The number of ether oxygens (including phenoxy) is 3. The normalized spacial score (nSPS) is 12.5. The summed E-state index contributed by atoms with van der Waals surface area (Å²) in [5.74, 6) is 0. The van der Waals surface area contributed by atoms with E-state index in [9.17, 15) is 0 Å². The first-order valence-corrected chi connectivity index (χ1v) is 5.88. The van der Waals surface area contributed by atoms with Crippen LogP contribution in [0.1, 0.15) is 0 Å². The van der Waals surface area contributed by atoms with Gasteiger partial charge in [-0.2, -0.15) is 0 Å². The number of rotatable bonds is 6. The zero-order valence-electron chi connectivity index (χ0n) is 9.23. The Hall–Kier alpha value is -0.723. The van der Waals surface area contributed by atoms with Gasteiger partial charge in [0.15, 0.2) is 0 Å². The Morgan fingerprint density at radius 2 is 1.47 bits per heavy atom. The first-order chi connectivity index (χ1) is 7.26. The summed E-state index contributed by atoms with van der Waals surface area (Å²) in [6, 6.07) is 9.93. The molecule has 0 aliphatic carbocycles. The first-order valence-electron chi connectivity index (χ1n) is 4.59. The van der Waals surface area contributed by atoms with E-state index in [-0.39, 0.29) is 0 Å². The molecule has 0 bridgehead atoms. The summed E-state index contributed by atoms with van der Waals surface area (Å²) < 4.78 is 20.6. The van der Waals surface area contributed by atoms with Gasteiger partial charge in [0.1, 0.15) is 0 Å². The average molecular weight is 228 g/mol. The third-order valence-corrected chi connectivity index (χ3v) is 3.31. The van der Waals surface area contributed by atoms with Crippen LogP contribution in [-0.4, -0.2) is 37.3 Å². The molecule has 0 unspecified atom stereocenters. The van der Waals surface area contributed by atoms with Crippen molar-refractivity contribution in [1.82, 2.24) is 0 Å². The van der Waals surface area contributed by atoms with Gasteiger partial charge in [0.25, 0.3) is 0 Å².